The second kappa shape index (κ2) is 31.8. The molecule has 0 rings (SSSR count). The average Bonchev–Trinajstić information content (AvgIpc) is 2.80. The normalized spacial score (nSPS) is 10.7. The Balaban J connectivity index is 0. The summed E-state index contributed by atoms with van der Waals surface area (Å²) in [7, 11) is 0. The molecule has 0 aliphatic carbocycles. The molecule has 0 fully saturated rings. The lowest BCUT2D eigenvalue weighted by Crippen LogP contribution is -2.28. The van der Waals surface area contributed by atoms with Gasteiger partial charge in [-0.05, 0) is 38.5 Å². The van der Waals surface area contributed by atoms with E-state index in [0.29, 0.717) is 0 Å². The fourth-order valence-electron chi connectivity index (χ4n) is 2.23. The van der Waals surface area contributed by atoms with Crippen LogP contribution in [0.2, 0.25) is 0 Å². The summed E-state index contributed by atoms with van der Waals surface area (Å²) in [5, 5.41) is 0. The van der Waals surface area contributed by atoms with Gasteiger partial charge < -0.3 is 22.7 Å². The Morgan fingerprint density at radius 1 is 0.312 bits per heavy atom. The standard InChI is InChI=1S/6C4H9O.2Al/c6*1-2-3-4-5;;/h6*2-4H2,1H3;;/q6*-1;2*+3. The third-order valence-electron chi connectivity index (χ3n) is 4.51. The molecule has 0 atom stereocenters. The molecule has 0 unspecified atom stereocenters. The van der Waals surface area contributed by atoms with Gasteiger partial charge in [0.1, 0.15) is 0 Å². The molecule has 0 aromatic heterocycles. The Kier molecular flexibility index (Phi) is 34.8. The largest absolute Gasteiger partial charge is 0.905 e. The second-order valence-corrected chi connectivity index (χ2v) is 11.1. The van der Waals surface area contributed by atoms with Crippen LogP contribution in [0.3, 0.4) is 0 Å². The Morgan fingerprint density at radius 3 is 0.594 bits per heavy atom. The van der Waals surface area contributed by atoms with Gasteiger partial charge in [0.15, 0.2) is 0 Å². The second-order valence-electron chi connectivity index (χ2n) is 7.92. The van der Waals surface area contributed by atoms with Crippen LogP contribution in [0.4, 0.5) is 0 Å². The van der Waals surface area contributed by atoms with Crippen LogP contribution in [0.5, 0.6) is 0 Å². The van der Waals surface area contributed by atoms with E-state index in [1.807, 2.05) is 0 Å². The van der Waals surface area contributed by atoms with Gasteiger partial charge in [-0.3, -0.25) is 0 Å². The SMILES string of the molecule is CCCC[O][Al]([O]CCCC)[O]CCCC.CCCC[O][Al]([O]CCCC)[O]CCCC. The van der Waals surface area contributed by atoms with Crippen molar-refractivity contribution in [2.75, 3.05) is 39.6 Å². The van der Waals surface area contributed by atoms with E-state index in [-0.39, 0.29) is 0 Å². The first-order valence-corrected chi connectivity index (χ1v) is 16.2. The van der Waals surface area contributed by atoms with Crippen molar-refractivity contribution in [2.45, 2.75) is 119 Å². The molecule has 0 saturated heterocycles. The van der Waals surface area contributed by atoms with E-state index >= 15 is 0 Å². The van der Waals surface area contributed by atoms with E-state index in [1.54, 1.807) is 0 Å². The highest BCUT2D eigenvalue weighted by molar-refractivity contribution is 6.36. The summed E-state index contributed by atoms with van der Waals surface area (Å²) in [6.07, 6.45) is 13.5. The molecule has 8 heteroatoms. The molecule has 6 nitrogen and oxygen atoms in total. The number of rotatable bonds is 24. The van der Waals surface area contributed by atoms with Crippen LogP contribution >= 0.6 is 0 Å². The summed E-state index contributed by atoms with van der Waals surface area (Å²) in [6, 6.07) is 0. The molecular formula is C24H54Al2O6. The summed E-state index contributed by atoms with van der Waals surface area (Å²) >= 11 is -3.66. The maximum absolute atomic E-state index is 5.67. The lowest BCUT2D eigenvalue weighted by molar-refractivity contribution is 0.0893. The van der Waals surface area contributed by atoms with Gasteiger partial charge in [0.05, 0.1) is 0 Å². The molecule has 0 aliphatic rings. The molecule has 0 aromatic rings. The van der Waals surface area contributed by atoms with Crippen molar-refractivity contribution in [3.8, 4) is 0 Å². The van der Waals surface area contributed by atoms with Crippen LogP contribution in [0, 0.1) is 0 Å². The Morgan fingerprint density at radius 2 is 0.469 bits per heavy atom. The van der Waals surface area contributed by atoms with E-state index in [9.17, 15) is 0 Å². The summed E-state index contributed by atoms with van der Waals surface area (Å²) in [4.78, 5) is 0. The minimum atomic E-state index is -1.83. The first-order valence-electron chi connectivity index (χ1n) is 13.4. The molecule has 0 amide bonds. The van der Waals surface area contributed by atoms with Gasteiger partial charge in [-0.2, -0.15) is 0 Å². The van der Waals surface area contributed by atoms with Crippen LogP contribution in [-0.4, -0.2) is 69.9 Å². The average molecular weight is 493 g/mol. The molecule has 0 aliphatic heterocycles. The zero-order valence-corrected chi connectivity index (χ0v) is 24.6. The molecule has 0 heterocycles. The third-order valence-corrected chi connectivity index (χ3v) is 7.56. The highest BCUT2D eigenvalue weighted by atomic mass is 27.3. The fraction of sp³-hybridized carbons (Fsp3) is 1.00. The van der Waals surface area contributed by atoms with Crippen molar-refractivity contribution >= 4 is 30.3 Å². The maximum atomic E-state index is 5.67. The van der Waals surface area contributed by atoms with E-state index in [1.165, 1.54) is 0 Å². The Hall–Kier alpha value is 0.825. The minimum absolute atomic E-state index is 0.783. The summed E-state index contributed by atoms with van der Waals surface area (Å²) in [5.41, 5.74) is 0. The monoisotopic (exact) mass is 492 g/mol. The highest BCUT2D eigenvalue weighted by Crippen LogP contribution is 2.01. The molecule has 0 bridgehead atoms. The van der Waals surface area contributed by atoms with Crippen molar-refractivity contribution in [2.24, 2.45) is 0 Å². The summed E-state index contributed by atoms with van der Waals surface area (Å²) < 4.78 is 34.0. The zero-order chi connectivity index (χ0) is 24.1. The molecule has 0 radical (unpaired) electrons. The molecule has 32 heavy (non-hydrogen) atoms. The molecule has 0 N–H and O–H groups in total. The Bertz CT molecular complexity index is 249. The first kappa shape index (κ1) is 35.0. The van der Waals surface area contributed by atoms with E-state index in [0.717, 1.165) is 117 Å². The van der Waals surface area contributed by atoms with Crippen molar-refractivity contribution in [3.63, 3.8) is 0 Å². The summed E-state index contributed by atoms with van der Waals surface area (Å²) in [6.45, 7) is 17.7. The van der Waals surface area contributed by atoms with Crippen LogP contribution in [-0.2, 0) is 22.7 Å². The smallest absolute Gasteiger partial charge is 0.454 e. The van der Waals surface area contributed by atoms with Gasteiger partial charge >= 0.3 is 30.3 Å². The van der Waals surface area contributed by atoms with Crippen LogP contribution < -0.4 is 0 Å². The van der Waals surface area contributed by atoms with Crippen LogP contribution in [0.1, 0.15) is 119 Å². The minimum Gasteiger partial charge on any atom is -0.454 e. The lowest BCUT2D eigenvalue weighted by atomic mass is 10.4. The topological polar surface area (TPSA) is 55.4 Å². The number of hydrogen-bond acceptors (Lipinski definition) is 6. The van der Waals surface area contributed by atoms with Crippen LogP contribution in [0.15, 0.2) is 0 Å². The lowest BCUT2D eigenvalue weighted by Gasteiger charge is -2.13. The molecular weight excluding hydrogens is 438 g/mol. The maximum Gasteiger partial charge on any atom is 0.905 e. The van der Waals surface area contributed by atoms with Gasteiger partial charge in [0.25, 0.3) is 0 Å². The van der Waals surface area contributed by atoms with Crippen molar-refractivity contribution < 1.29 is 22.7 Å². The van der Waals surface area contributed by atoms with Crippen molar-refractivity contribution in [1.82, 2.24) is 0 Å². The van der Waals surface area contributed by atoms with Crippen molar-refractivity contribution in [1.29, 1.82) is 0 Å². The van der Waals surface area contributed by atoms with Gasteiger partial charge in [-0.1, -0.05) is 80.1 Å². The van der Waals surface area contributed by atoms with Gasteiger partial charge in [0.2, 0.25) is 0 Å². The van der Waals surface area contributed by atoms with Gasteiger partial charge in [0, 0.05) is 39.6 Å². The first-order chi connectivity index (χ1) is 15.7. The highest BCUT2D eigenvalue weighted by Gasteiger charge is 2.30. The predicted molar refractivity (Wildman–Crippen MR) is 137 cm³/mol. The van der Waals surface area contributed by atoms with E-state index in [4.69, 9.17) is 22.7 Å². The molecule has 0 spiro atoms. The summed E-state index contributed by atoms with van der Waals surface area (Å²) in [5.74, 6) is 0. The third kappa shape index (κ3) is 28.9. The van der Waals surface area contributed by atoms with Crippen molar-refractivity contribution in [3.05, 3.63) is 0 Å². The quantitative estimate of drug-likeness (QED) is 0.109. The van der Waals surface area contributed by atoms with E-state index in [2.05, 4.69) is 41.5 Å². The number of hydrogen-bond donors (Lipinski definition) is 0. The fourth-order valence-corrected chi connectivity index (χ4v) is 4.96. The Labute approximate surface area is 210 Å². The molecule has 192 valence electrons. The molecule has 0 saturated carbocycles. The van der Waals surface area contributed by atoms with Gasteiger partial charge in [-0.15, -0.1) is 0 Å². The zero-order valence-electron chi connectivity index (χ0n) is 22.3. The van der Waals surface area contributed by atoms with Crippen LogP contribution in [0.25, 0.3) is 0 Å². The number of unbranched alkanes of at least 4 members (excludes halogenated alkanes) is 6. The molecule has 0 aromatic carbocycles. The predicted octanol–water partition coefficient (Wildman–Crippen LogP) is 6.84. The van der Waals surface area contributed by atoms with Gasteiger partial charge in [-0.25, -0.2) is 0 Å². The van der Waals surface area contributed by atoms with E-state index < -0.39 is 30.3 Å².